The van der Waals surface area contributed by atoms with Crippen molar-refractivity contribution in [3.63, 3.8) is 0 Å². The van der Waals surface area contributed by atoms with Gasteiger partial charge in [0.1, 0.15) is 23.2 Å². The number of aromatic nitrogens is 2. The van der Waals surface area contributed by atoms with Crippen molar-refractivity contribution in [3.8, 4) is 17.4 Å². The maximum Gasteiger partial charge on any atom is 0.269 e. The van der Waals surface area contributed by atoms with Crippen LogP contribution in [0.15, 0.2) is 46.4 Å². The first kappa shape index (κ1) is 22.2. The summed E-state index contributed by atoms with van der Waals surface area (Å²) in [7, 11) is 0. The average Bonchev–Trinajstić information content (AvgIpc) is 3.48. The first-order chi connectivity index (χ1) is 15.9. The highest BCUT2D eigenvalue weighted by atomic mass is 32.1. The summed E-state index contributed by atoms with van der Waals surface area (Å²) >= 11 is 1.27. The van der Waals surface area contributed by atoms with Crippen molar-refractivity contribution in [1.82, 2.24) is 10.2 Å². The molecule has 0 unspecified atom stereocenters. The summed E-state index contributed by atoms with van der Waals surface area (Å²) in [5.74, 6) is 0.842. The fourth-order valence-electron chi connectivity index (χ4n) is 3.38. The van der Waals surface area contributed by atoms with E-state index in [1.165, 1.54) is 29.5 Å². The van der Waals surface area contributed by atoms with Gasteiger partial charge in [0.05, 0.1) is 4.92 Å². The van der Waals surface area contributed by atoms with Gasteiger partial charge in [-0.1, -0.05) is 18.3 Å². The smallest absolute Gasteiger partial charge is 0.269 e. The Labute approximate surface area is 193 Å². The highest BCUT2D eigenvalue weighted by Crippen LogP contribution is 2.29. The lowest BCUT2D eigenvalue weighted by Crippen LogP contribution is -2.32. The predicted molar refractivity (Wildman–Crippen MR) is 124 cm³/mol. The minimum Gasteiger partial charge on any atom is -0.457 e. The molecule has 1 N–H and O–H groups in total. The van der Waals surface area contributed by atoms with Gasteiger partial charge in [-0.25, -0.2) is 0 Å². The van der Waals surface area contributed by atoms with Crippen LogP contribution in [0.1, 0.15) is 25.5 Å². The zero-order chi connectivity index (χ0) is 23.4. The van der Waals surface area contributed by atoms with E-state index < -0.39 is 10.8 Å². The van der Waals surface area contributed by atoms with Crippen LogP contribution in [-0.2, 0) is 4.79 Å². The van der Waals surface area contributed by atoms with Crippen LogP contribution in [-0.4, -0.2) is 34.1 Å². The van der Waals surface area contributed by atoms with Crippen molar-refractivity contribution >= 4 is 39.3 Å². The molecule has 0 atom stereocenters. The van der Waals surface area contributed by atoms with E-state index in [1.54, 1.807) is 24.3 Å². The van der Waals surface area contributed by atoms with E-state index >= 15 is 0 Å². The van der Waals surface area contributed by atoms with Crippen LogP contribution in [0.5, 0.6) is 0 Å². The summed E-state index contributed by atoms with van der Waals surface area (Å²) in [6.45, 7) is 4.04. The van der Waals surface area contributed by atoms with Gasteiger partial charge in [-0.15, -0.1) is 10.2 Å². The maximum absolute atomic E-state index is 12.6. The normalized spacial score (nSPS) is 14.7. The molecule has 4 rings (SSSR count). The van der Waals surface area contributed by atoms with E-state index in [9.17, 15) is 20.2 Å². The minimum absolute atomic E-state index is 0.0245. The summed E-state index contributed by atoms with van der Waals surface area (Å²) in [5.41, 5.74) is 0.461. The van der Waals surface area contributed by atoms with Crippen LogP contribution in [0.3, 0.4) is 0 Å². The molecule has 11 heteroatoms. The molecule has 0 aliphatic carbocycles. The second kappa shape index (κ2) is 9.62. The third kappa shape index (κ3) is 5.24. The molecule has 1 aliphatic rings. The molecule has 1 aromatic carbocycles. The van der Waals surface area contributed by atoms with Gasteiger partial charge >= 0.3 is 0 Å². The number of benzene rings is 1. The van der Waals surface area contributed by atoms with Crippen molar-refractivity contribution in [1.29, 1.82) is 5.26 Å². The Morgan fingerprint density at radius 1 is 1.27 bits per heavy atom. The standard InChI is InChI=1S/C22H20N6O4S/c1-14-8-10-27(11-9-14)22-26-25-21(33-22)24-20(29)16(13-23)12-18-6-7-19(32-18)15-2-4-17(5-3-15)28(30)31/h2-7,12,14H,8-11H2,1H3,(H,24,25,29). The molecule has 168 valence electrons. The number of non-ortho nitro benzene ring substituents is 1. The number of furan rings is 1. The number of nitrogens with one attached hydrogen (secondary N) is 1. The Balaban J connectivity index is 1.43. The quantitative estimate of drug-likeness (QED) is 0.244. The number of hydrogen-bond acceptors (Lipinski definition) is 9. The molecule has 1 fully saturated rings. The van der Waals surface area contributed by atoms with Gasteiger partial charge in [0.2, 0.25) is 10.3 Å². The lowest BCUT2D eigenvalue weighted by atomic mass is 10.00. The van der Waals surface area contributed by atoms with Gasteiger partial charge < -0.3 is 9.32 Å². The van der Waals surface area contributed by atoms with E-state index in [1.807, 2.05) is 6.07 Å². The van der Waals surface area contributed by atoms with Crippen molar-refractivity contribution in [2.45, 2.75) is 19.8 Å². The lowest BCUT2D eigenvalue weighted by Gasteiger charge is -2.29. The largest absolute Gasteiger partial charge is 0.457 e. The summed E-state index contributed by atoms with van der Waals surface area (Å²) in [4.78, 5) is 25.0. The molecule has 1 aliphatic heterocycles. The van der Waals surface area contributed by atoms with Crippen LogP contribution in [0.25, 0.3) is 17.4 Å². The van der Waals surface area contributed by atoms with E-state index in [0.29, 0.717) is 28.1 Å². The van der Waals surface area contributed by atoms with E-state index in [2.05, 4.69) is 27.3 Å². The van der Waals surface area contributed by atoms with Crippen LogP contribution < -0.4 is 10.2 Å². The SMILES string of the molecule is CC1CCN(c2nnc(NC(=O)C(C#N)=Cc3ccc(-c4ccc([N+](=O)[O-])cc4)o3)s2)CC1. The summed E-state index contributed by atoms with van der Waals surface area (Å²) in [6, 6.07) is 11.0. The maximum atomic E-state index is 12.6. The molecular weight excluding hydrogens is 444 g/mol. The third-order valence-corrected chi connectivity index (χ3v) is 6.23. The number of anilines is 2. The van der Waals surface area contributed by atoms with Crippen LogP contribution in [0.2, 0.25) is 0 Å². The molecular formula is C22H20N6O4S. The second-order valence-corrected chi connectivity index (χ2v) is 8.65. The Bertz CT molecular complexity index is 1230. The molecule has 33 heavy (non-hydrogen) atoms. The zero-order valence-corrected chi connectivity index (χ0v) is 18.5. The summed E-state index contributed by atoms with van der Waals surface area (Å²) < 4.78 is 5.69. The van der Waals surface area contributed by atoms with Crippen molar-refractivity contribution < 1.29 is 14.1 Å². The summed E-state index contributed by atoms with van der Waals surface area (Å²) in [5, 5.41) is 32.1. The molecule has 1 saturated heterocycles. The molecule has 3 aromatic rings. The number of amides is 1. The predicted octanol–water partition coefficient (Wildman–Crippen LogP) is 4.49. The molecule has 0 radical (unpaired) electrons. The molecule has 10 nitrogen and oxygen atoms in total. The lowest BCUT2D eigenvalue weighted by molar-refractivity contribution is -0.384. The molecule has 0 bridgehead atoms. The molecule has 0 saturated carbocycles. The van der Waals surface area contributed by atoms with Crippen molar-refractivity contribution in [2.75, 3.05) is 23.3 Å². The van der Waals surface area contributed by atoms with E-state index in [-0.39, 0.29) is 11.3 Å². The molecule has 0 spiro atoms. The zero-order valence-electron chi connectivity index (χ0n) is 17.7. The molecule has 1 amide bonds. The van der Waals surface area contributed by atoms with E-state index in [4.69, 9.17) is 4.42 Å². The third-order valence-electron chi connectivity index (χ3n) is 5.33. The van der Waals surface area contributed by atoms with Crippen molar-refractivity contribution in [3.05, 3.63) is 57.8 Å². The Hall–Kier alpha value is -4.04. The number of nitro benzene ring substituents is 1. The van der Waals surface area contributed by atoms with Gasteiger partial charge in [-0.05, 0) is 43.0 Å². The highest BCUT2D eigenvalue weighted by molar-refractivity contribution is 7.19. The summed E-state index contributed by atoms with van der Waals surface area (Å²) in [6.07, 6.45) is 3.51. The first-order valence-corrected chi connectivity index (χ1v) is 11.1. The van der Waals surface area contributed by atoms with Gasteiger partial charge in [0.25, 0.3) is 11.6 Å². The first-order valence-electron chi connectivity index (χ1n) is 10.3. The average molecular weight is 465 g/mol. The Morgan fingerprint density at radius 3 is 2.67 bits per heavy atom. The number of rotatable bonds is 6. The van der Waals surface area contributed by atoms with E-state index in [0.717, 1.165) is 31.1 Å². The van der Waals surface area contributed by atoms with Crippen LogP contribution >= 0.6 is 11.3 Å². The number of nitrogens with zero attached hydrogens (tertiary/aromatic N) is 5. The molecule has 2 aromatic heterocycles. The molecule has 3 heterocycles. The van der Waals surface area contributed by atoms with Gasteiger partial charge in [-0.2, -0.15) is 5.26 Å². The van der Waals surface area contributed by atoms with Gasteiger partial charge in [0, 0.05) is 36.9 Å². The monoisotopic (exact) mass is 464 g/mol. The minimum atomic E-state index is -0.610. The number of carbonyl (C=O) groups is 1. The van der Waals surface area contributed by atoms with Crippen molar-refractivity contribution in [2.24, 2.45) is 5.92 Å². The fraction of sp³-hybridized carbons (Fsp3) is 0.273. The number of hydrogen-bond donors (Lipinski definition) is 1. The van der Waals surface area contributed by atoms with Crippen LogP contribution in [0.4, 0.5) is 16.0 Å². The number of piperidine rings is 1. The fourth-order valence-corrected chi connectivity index (χ4v) is 4.17. The topological polar surface area (TPSA) is 138 Å². The van der Waals surface area contributed by atoms with Crippen LogP contribution in [0, 0.1) is 27.4 Å². The number of carbonyl (C=O) groups excluding carboxylic acids is 1. The second-order valence-electron chi connectivity index (χ2n) is 7.69. The van der Waals surface area contributed by atoms with Gasteiger partial charge in [0.15, 0.2) is 0 Å². The highest BCUT2D eigenvalue weighted by Gasteiger charge is 2.20. The number of nitro groups is 1. The Morgan fingerprint density at radius 2 is 2.00 bits per heavy atom. The van der Waals surface area contributed by atoms with Gasteiger partial charge in [-0.3, -0.25) is 20.2 Å². The Kier molecular flexibility index (Phi) is 6.46. The number of nitriles is 1.